The number of hydrogen-bond acceptors (Lipinski definition) is 6. The average molecular weight is 641 g/mol. The average Bonchev–Trinajstić information content (AvgIpc) is 3.25. The molecule has 1 heterocycles. The fourth-order valence-corrected chi connectivity index (χ4v) is 5.54. The first-order chi connectivity index (χ1) is 19.4. The van der Waals surface area contributed by atoms with E-state index in [4.69, 9.17) is 8.56 Å². The molecule has 4 rings (SSSR count). The molecule has 9 nitrogen and oxygen atoms in total. The first-order valence-corrected chi connectivity index (χ1v) is 15.0. The van der Waals surface area contributed by atoms with Gasteiger partial charge in [-0.25, -0.2) is 13.2 Å². The fraction of sp³-hybridized carbons (Fsp3) is 0.200. The third-order valence-electron chi connectivity index (χ3n) is 7.13. The van der Waals surface area contributed by atoms with Crippen molar-refractivity contribution in [1.29, 1.82) is 0 Å². The zero-order valence-corrected chi connectivity index (χ0v) is 25.7. The molecule has 11 heteroatoms. The van der Waals surface area contributed by atoms with E-state index in [1.807, 2.05) is 25.1 Å². The molecule has 1 amide bonds. The van der Waals surface area contributed by atoms with Gasteiger partial charge in [0.25, 0.3) is 0 Å². The summed E-state index contributed by atoms with van der Waals surface area (Å²) in [5.74, 6) is -0.244. The van der Waals surface area contributed by atoms with E-state index in [-0.39, 0.29) is 28.5 Å². The molecular formula is C30H29N2O7SSe. The molecule has 0 atom stereocenters. The SMILES string of the molecule is COc1cccc(CN(C(=O)c2cc(-c3cc(S(C)(=O)=O)ccc3C(=O)O)n(C)c2C)c2ccc(O[Se])cc2)c1C. The van der Waals surface area contributed by atoms with E-state index < -0.39 is 15.8 Å². The molecule has 0 spiro atoms. The van der Waals surface area contributed by atoms with Crippen LogP contribution < -0.4 is 13.5 Å². The minimum atomic E-state index is -3.61. The molecule has 4 aromatic rings. The Balaban J connectivity index is 1.87. The standard InChI is InChI=1S/C30H29N2O7SSe/c1-18-20(7-6-8-28(18)38-4)17-32(21-9-11-22(39-41)12-10-21)29(33)25-16-27(31(3)19(25)2)26-15-23(40(5,36)37)13-14-24(26)30(34)35/h6-16H,17H2,1-5H3,(H,34,35). The van der Waals surface area contributed by atoms with Crippen molar-refractivity contribution in [2.75, 3.05) is 18.3 Å². The number of nitrogens with zero attached hydrogens (tertiary/aromatic N) is 2. The second kappa shape index (κ2) is 11.8. The number of amides is 1. The minimum absolute atomic E-state index is 0.0187. The number of hydrogen-bond donors (Lipinski definition) is 1. The Bertz CT molecular complexity index is 1750. The summed E-state index contributed by atoms with van der Waals surface area (Å²) < 4.78 is 36.9. The number of rotatable bonds is 9. The summed E-state index contributed by atoms with van der Waals surface area (Å²) in [5.41, 5.74) is 3.84. The van der Waals surface area contributed by atoms with E-state index in [1.54, 1.807) is 60.9 Å². The number of anilines is 1. The Morgan fingerprint density at radius 2 is 1.68 bits per heavy atom. The van der Waals surface area contributed by atoms with Crippen LogP contribution in [0.3, 0.4) is 0 Å². The Morgan fingerprint density at radius 1 is 1.00 bits per heavy atom. The predicted octanol–water partition coefficient (Wildman–Crippen LogP) is 4.73. The molecule has 213 valence electrons. The number of ether oxygens (including phenoxy) is 1. The van der Waals surface area contributed by atoms with Gasteiger partial charge in [-0.05, 0) is 12.1 Å². The number of carbonyl (C=O) groups is 2. The Morgan fingerprint density at radius 3 is 2.27 bits per heavy atom. The van der Waals surface area contributed by atoms with Gasteiger partial charge in [0.2, 0.25) is 0 Å². The van der Waals surface area contributed by atoms with Crippen LogP contribution in [-0.4, -0.2) is 59.7 Å². The molecule has 0 aliphatic rings. The van der Waals surface area contributed by atoms with Crippen LogP contribution in [0.4, 0.5) is 5.69 Å². The molecule has 41 heavy (non-hydrogen) atoms. The number of aromatic carboxylic acids is 1. The molecule has 1 aromatic heterocycles. The molecule has 3 aromatic carbocycles. The molecule has 0 unspecified atom stereocenters. The van der Waals surface area contributed by atoms with Gasteiger partial charge in [0, 0.05) is 6.26 Å². The van der Waals surface area contributed by atoms with Crippen molar-refractivity contribution in [3.05, 3.63) is 94.7 Å². The number of sulfone groups is 1. The number of methoxy groups -OCH3 is 1. The van der Waals surface area contributed by atoms with E-state index >= 15 is 0 Å². The molecule has 0 fully saturated rings. The van der Waals surface area contributed by atoms with E-state index in [9.17, 15) is 23.1 Å². The topological polar surface area (TPSA) is 115 Å². The van der Waals surface area contributed by atoms with E-state index in [1.165, 1.54) is 18.2 Å². The summed E-state index contributed by atoms with van der Waals surface area (Å²) >= 11 is 2.50. The molecular weight excluding hydrogens is 611 g/mol. The van der Waals surface area contributed by atoms with Crippen LogP contribution in [0.1, 0.15) is 37.5 Å². The number of aromatic nitrogens is 1. The quantitative estimate of drug-likeness (QED) is 0.263. The normalized spacial score (nSPS) is 11.3. The van der Waals surface area contributed by atoms with Crippen molar-refractivity contribution >= 4 is 43.7 Å². The van der Waals surface area contributed by atoms with Gasteiger partial charge in [0.1, 0.15) is 0 Å². The van der Waals surface area contributed by atoms with Gasteiger partial charge in [-0.15, -0.1) is 0 Å². The van der Waals surface area contributed by atoms with Gasteiger partial charge in [0.05, 0.1) is 4.90 Å². The maximum atomic E-state index is 14.3. The van der Waals surface area contributed by atoms with Crippen LogP contribution in [0, 0.1) is 13.8 Å². The second-order valence-electron chi connectivity index (χ2n) is 9.59. The van der Waals surface area contributed by atoms with Crippen LogP contribution in [-0.2, 0) is 23.4 Å². The molecule has 0 aliphatic heterocycles. The van der Waals surface area contributed by atoms with E-state index in [0.29, 0.717) is 34.1 Å². The number of carboxylic acids is 1. The van der Waals surface area contributed by atoms with Gasteiger partial charge >= 0.3 is 197 Å². The molecule has 0 saturated carbocycles. The molecule has 1 radical (unpaired) electrons. The van der Waals surface area contributed by atoms with Gasteiger partial charge in [-0.2, -0.15) is 0 Å². The zero-order chi connectivity index (χ0) is 30.1. The Labute approximate surface area is 247 Å². The third kappa shape index (κ3) is 6.02. The van der Waals surface area contributed by atoms with Crippen molar-refractivity contribution in [2.24, 2.45) is 7.05 Å². The summed E-state index contributed by atoms with van der Waals surface area (Å²) in [6.07, 6.45) is 1.06. The van der Waals surface area contributed by atoms with Crippen molar-refractivity contribution in [2.45, 2.75) is 25.3 Å². The zero-order valence-electron chi connectivity index (χ0n) is 23.2. The van der Waals surface area contributed by atoms with Crippen molar-refractivity contribution < 1.29 is 31.7 Å². The van der Waals surface area contributed by atoms with Crippen LogP contribution >= 0.6 is 0 Å². The summed E-state index contributed by atoms with van der Waals surface area (Å²) in [6.45, 7) is 3.92. The number of carbonyl (C=O) groups excluding carboxylic acids is 1. The first-order valence-electron chi connectivity index (χ1n) is 12.5. The summed E-state index contributed by atoms with van der Waals surface area (Å²) in [7, 11) is -0.307. The van der Waals surface area contributed by atoms with Crippen LogP contribution in [0.5, 0.6) is 11.5 Å². The van der Waals surface area contributed by atoms with Crippen LogP contribution in [0.2, 0.25) is 0 Å². The van der Waals surface area contributed by atoms with Gasteiger partial charge in [-0.1, -0.05) is 0 Å². The van der Waals surface area contributed by atoms with Gasteiger partial charge < -0.3 is 5.11 Å². The van der Waals surface area contributed by atoms with Gasteiger partial charge in [-0.3, -0.25) is 0 Å². The molecule has 0 saturated heterocycles. The number of benzene rings is 3. The third-order valence-corrected chi connectivity index (χ3v) is 8.64. The maximum absolute atomic E-state index is 14.3. The van der Waals surface area contributed by atoms with Crippen LogP contribution in [0.15, 0.2) is 71.6 Å². The fourth-order valence-electron chi connectivity index (χ4n) is 4.66. The number of carboxylic acid groups (broad SMARTS) is 1. The molecule has 0 aliphatic carbocycles. The monoisotopic (exact) mass is 641 g/mol. The summed E-state index contributed by atoms with van der Waals surface area (Å²) in [6, 6.07) is 18.1. The van der Waals surface area contributed by atoms with Crippen LogP contribution in [0.25, 0.3) is 11.3 Å². The molecule has 1 N–H and O–H groups in total. The van der Waals surface area contributed by atoms with Gasteiger partial charge in [0.15, 0.2) is 9.84 Å². The van der Waals surface area contributed by atoms with E-state index in [0.717, 1.165) is 17.4 Å². The Kier molecular flexibility index (Phi) is 8.63. The predicted molar refractivity (Wildman–Crippen MR) is 157 cm³/mol. The Hall–Kier alpha value is -4.05. The van der Waals surface area contributed by atoms with Crippen molar-refractivity contribution in [1.82, 2.24) is 4.57 Å². The van der Waals surface area contributed by atoms with E-state index in [2.05, 4.69) is 16.3 Å². The summed E-state index contributed by atoms with van der Waals surface area (Å²) in [5, 5.41) is 9.85. The van der Waals surface area contributed by atoms with Crippen molar-refractivity contribution in [3.8, 4) is 22.8 Å². The molecule has 0 bridgehead atoms. The van der Waals surface area contributed by atoms with Crippen molar-refractivity contribution in [3.63, 3.8) is 0 Å². The second-order valence-corrected chi connectivity index (χ2v) is 12.0. The summed E-state index contributed by atoms with van der Waals surface area (Å²) in [4.78, 5) is 27.9. The first kappa shape index (κ1) is 29.9.